The van der Waals surface area contributed by atoms with E-state index in [1.807, 2.05) is 0 Å². The van der Waals surface area contributed by atoms with Gasteiger partial charge in [0, 0.05) is 0 Å². The van der Waals surface area contributed by atoms with E-state index in [-0.39, 0.29) is 11.5 Å². The molecule has 4 nitrogen and oxygen atoms in total. The van der Waals surface area contributed by atoms with Crippen LogP contribution in [0.15, 0.2) is 24.3 Å². The molecule has 0 heterocycles. The van der Waals surface area contributed by atoms with Gasteiger partial charge in [0.15, 0.2) is 0 Å². The van der Waals surface area contributed by atoms with E-state index in [1.165, 1.54) is 18.2 Å². The molecule has 0 saturated heterocycles. The highest BCUT2D eigenvalue weighted by Gasteiger charge is 2.19. The van der Waals surface area contributed by atoms with Crippen LogP contribution in [0, 0.1) is 11.7 Å². The fraction of sp³-hybridized carbons (Fsp3) is 0.333. The van der Waals surface area contributed by atoms with Crippen molar-refractivity contribution in [1.82, 2.24) is 5.32 Å². The minimum absolute atomic E-state index is 0.181. The molecule has 0 radical (unpaired) electrons. The molecular formula is C12H13FNO3-. The fourth-order valence-electron chi connectivity index (χ4n) is 1.36. The van der Waals surface area contributed by atoms with Crippen LogP contribution in [0.4, 0.5) is 4.39 Å². The second kappa shape index (κ2) is 5.43. The van der Waals surface area contributed by atoms with E-state index < -0.39 is 23.7 Å². The van der Waals surface area contributed by atoms with Gasteiger partial charge >= 0.3 is 0 Å². The summed E-state index contributed by atoms with van der Waals surface area (Å²) in [6, 6.07) is 4.24. The Labute approximate surface area is 98.5 Å². The van der Waals surface area contributed by atoms with Crippen LogP contribution in [-0.4, -0.2) is 17.9 Å². The Bertz CT molecular complexity index is 432. The summed E-state index contributed by atoms with van der Waals surface area (Å²) in [5, 5.41) is 13.0. The molecule has 0 aliphatic heterocycles. The van der Waals surface area contributed by atoms with Crippen molar-refractivity contribution >= 4 is 11.9 Å². The Morgan fingerprint density at radius 1 is 1.29 bits per heavy atom. The number of nitrogens with one attached hydrogen (secondary N) is 1. The number of aliphatic carboxylic acids is 1. The van der Waals surface area contributed by atoms with E-state index in [9.17, 15) is 19.1 Å². The summed E-state index contributed by atoms with van der Waals surface area (Å²) in [4.78, 5) is 22.4. The average Bonchev–Trinajstić information content (AvgIpc) is 2.25. The van der Waals surface area contributed by atoms with E-state index in [2.05, 4.69) is 5.32 Å². The van der Waals surface area contributed by atoms with Gasteiger partial charge in [0.05, 0.1) is 17.6 Å². The summed E-state index contributed by atoms with van der Waals surface area (Å²) < 4.78 is 13.3. The van der Waals surface area contributed by atoms with Gasteiger partial charge in [-0.05, 0) is 18.1 Å². The first-order chi connectivity index (χ1) is 7.93. The first kappa shape index (κ1) is 13.2. The topological polar surface area (TPSA) is 69.2 Å². The van der Waals surface area contributed by atoms with Crippen LogP contribution >= 0.6 is 0 Å². The summed E-state index contributed by atoms with van der Waals surface area (Å²) in [5.41, 5.74) is -0.181. The van der Waals surface area contributed by atoms with Crippen molar-refractivity contribution in [3.05, 3.63) is 35.6 Å². The van der Waals surface area contributed by atoms with Crippen LogP contribution in [-0.2, 0) is 4.79 Å². The molecule has 1 amide bonds. The zero-order valence-corrected chi connectivity index (χ0v) is 9.57. The number of halogens is 1. The molecule has 1 N–H and O–H groups in total. The molecule has 0 spiro atoms. The van der Waals surface area contributed by atoms with E-state index in [4.69, 9.17) is 0 Å². The average molecular weight is 238 g/mol. The third-order valence-corrected chi connectivity index (χ3v) is 2.33. The number of hydrogen-bond donors (Lipinski definition) is 1. The standard InChI is InChI=1S/C12H14FNO3/c1-7(2)10(12(16)17)14-11(15)8-5-3-4-6-9(8)13/h3-7,10H,1-2H3,(H,14,15)(H,16,17)/p-1/t10-/m0/s1. The molecule has 0 aromatic heterocycles. The molecule has 0 unspecified atom stereocenters. The molecule has 0 bridgehead atoms. The van der Waals surface area contributed by atoms with Gasteiger partial charge in [-0.3, -0.25) is 4.79 Å². The summed E-state index contributed by atoms with van der Waals surface area (Å²) in [5.74, 6) is -3.17. The number of carboxylic acids is 1. The van der Waals surface area contributed by atoms with Crippen molar-refractivity contribution in [2.24, 2.45) is 5.92 Å². The summed E-state index contributed by atoms with van der Waals surface area (Å²) in [6.45, 7) is 3.25. The van der Waals surface area contributed by atoms with Crippen LogP contribution in [0.2, 0.25) is 0 Å². The lowest BCUT2D eigenvalue weighted by Crippen LogP contribution is -2.50. The van der Waals surface area contributed by atoms with Crippen molar-refractivity contribution in [3.8, 4) is 0 Å². The van der Waals surface area contributed by atoms with Crippen molar-refractivity contribution in [3.63, 3.8) is 0 Å². The predicted octanol–water partition coefficient (Wildman–Crippen LogP) is 0.330. The van der Waals surface area contributed by atoms with Crippen LogP contribution < -0.4 is 10.4 Å². The minimum Gasteiger partial charge on any atom is -0.548 e. The van der Waals surface area contributed by atoms with Gasteiger partial charge in [-0.1, -0.05) is 26.0 Å². The number of amides is 1. The second-order valence-electron chi connectivity index (χ2n) is 3.99. The van der Waals surface area contributed by atoms with E-state index >= 15 is 0 Å². The third-order valence-electron chi connectivity index (χ3n) is 2.33. The lowest BCUT2D eigenvalue weighted by atomic mass is 10.0. The molecule has 1 aromatic rings. The summed E-state index contributed by atoms with van der Waals surface area (Å²) in [7, 11) is 0. The van der Waals surface area contributed by atoms with E-state index in [1.54, 1.807) is 13.8 Å². The molecule has 17 heavy (non-hydrogen) atoms. The van der Waals surface area contributed by atoms with Gasteiger partial charge in [0.25, 0.3) is 5.91 Å². The molecule has 1 aromatic carbocycles. The molecule has 0 aliphatic rings. The lowest BCUT2D eigenvalue weighted by molar-refractivity contribution is -0.309. The maximum absolute atomic E-state index is 13.3. The number of hydrogen-bond acceptors (Lipinski definition) is 3. The van der Waals surface area contributed by atoms with Crippen molar-refractivity contribution < 1.29 is 19.1 Å². The Morgan fingerprint density at radius 3 is 2.35 bits per heavy atom. The van der Waals surface area contributed by atoms with Gasteiger partial charge in [-0.25, -0.2) is 4.39 Å². The Balaban J connectivity index is 2.85. The summed E-state index contributed by atoms with van der Waals surface area (Å²) in [6.07, 6.45) is 0. The van der Waals surface area contributed by atoms with Gasteiger partial charge in [-0.2, -0.15) is 0 Å². The number of rotatable bonds is 4. The third kappa shape index (κ3) is 3.27. The fourth-order valence-corrected chi connectivity index (χ4v) is 1.36. The predicted molar refractivity (Wildman–Crippen MR) is 57.5 cm³/mol. The number of carbonyl (C=O) groups is 2. The van der Waals surface area contributed by atoms with E-state index in [0.717, 1.165) is 6.07 Å². The van der Waals surface area contributed by atoms with Crippen LogP contribution in [0.5, 0.6) is 0 Å². The molecular weight excluding hydrogens is 225 g/mol. The van der Waals surface area contributed by atoms with Crippen LogP contribution in [0.25, 0.3) is 0 Å². The van der Waals surface area contributed by atoms with Crippen molar-refractivity contribution in [2.45, 2.75) is 19.9 Å². The van der Waals surface area contributed by atoms with Crippen molar-refractivity contribution in [2.75, 3.05) is 0 Å². The maximum atomic E-state index is 13.3. The minimum atomic E-state index is -1.38. The quantitative estimate of drug-likeness (QED) is 0.821. The van der Waals surface area contributed by atoms with E-state index in [0.29, 0.717) is 0 Å². The zero-order chi connectivity index (χ0) is 13.0. The second-order valence-corrected chi connectivity index (χ2v) is 3.99. The molecule has 0 fully saturated rings. The highest BCUT2D eigenvalue weighted by molar-refractivity contribution is 5.96. The van der Waals surface area contributed by atoms with Gasteiger partial charge in [0.2, 0.25) is 0 Å². The number of benzene rings is 1. The maximum Gasteiger partial charge on any atom is 0.254 e. The molecule has 1 rings (SSSR count). The highest BCUT2D eigenvalue weighted by Crippen LogP contribution is 2.08. The van der Waals surface area contributed by atoms with Gasteiger partial charge in [-0.15, -0.1) is 0 Å². The van der Waals surface area contributed by atoms with Crippen molar-refractivity contribution in [1.29, 1.82) is 0 Å². The first-order valence-corrected chi connectivity index (χ1v) is 5.19. The summed E-state index contributed by atoms with van der Waals surface area (Å²) >= 11 is 0. The van der Waals surface area contributed by atoms with Gasteiger partial charge in [0.1, 0.15) is 5.82 Å². The van der Waals surface area contributed by atoms with Crippen LogP contribution in [0.3, 0.4) is 0 Å². The first-order valence-electron chi connectivity index (χ1n) is 5.19. The zero-order valence-electron chi connectivity index (χ0n) is 9.57. The normalized spacial score (nSPS) is 12.2. The van der Waals surface area contributed by atoms with Gasteiger partial charge < -0.3 is 15.2 Å². The molecule has 92 valence electrons. The molecule has 1 atom stereocenters. The SMILES string of the molecule is CC(C)[C@H](NC(=O)c1ccccc1F)C(=O)[O-]. The highest BCUT2D eigenvalue weighted by atomic mass is 19.1. The molecule has 0 saturated carbocycles. The Hall–Kier alpha value is -1.91. The number of carboxylic acid groups (broad SMARTS) is 1. The smallest absolute Gasteiger partial charge is 0.254 e. The molecule has 5 heteroatoms. The lowest BCUT2D eigenvalue weighted by Gasteiger charge is -2.23. The largest absolute Gasteiger partial charge is 0.548 e. The Morgan fingerprint density at radius 2 is 1.88 bits per heavy atom. The molecule has 0 aliphatic carbocycles. The monoisotopic (exact) mass is 238 g/mol. The van der Waals surface area contributed by atoms with Crippen LogP contribution in [0.1, 0.15) is 24.2 Å². The number of carbonyl (C=O) groups excluding carboxylic acids is 2. The Kier molecular flexibility index (Phi) is 4.20.